The van der Waals surface area contributed by atoms with E-state index in [1.54, 1.807) is 13.8 Å². The Hall–Kier alpha value is -4.27. The molecule has 0 aliphatic heterocycles. The predicted octanol–water partition coefficient (Wildman–Crippen LogP) is -1.69. The van der Waals surface area contributed by atoms with Crippen molar-refractivity contribution in [1.82, 2.24) is 35.9 Å². The van der Waals surface area contributed by atoms with Crippen LogP contribution in [0.2, 0.25) is 0 Å². The molecule has 0 spiro atoms. The SMILES string of the molecule is CCC(C)C(NC(=O)C(Cc1cnc[nH]1)NC(=O)C(N)CC(=O)O)C(=O)NC(Cc1cnc[nH]1)C(=O)O. The molecule has 0 bridgehead atoms. The molecule has 9 N–H and O–H groups in total. The van der Waals surface area contributed by atoms with Crippen LogP contribution >= 0.6 is 0 Å². The normalized spacial score (nSPS) is 15.0. The first-order chi connectivity index (χ1) is 17.5. The third-order valence-electron chi connectivity index (χ3n) is 5.73. The number of imidazole rings is 2. The summed E-state index contributed by atoms with van der Waals surface area (Å²) in [5.41, 5.74) is 6.61. The molecule has 0 saturated carbocycles. The minimum Gasteiger partial charge on any atom is -0.481 e. The molecule has 0 radical (unpaired) electrons. The Morgan fingerprint density at radius 3 is 1.89 bits per heavy atom. The molecule has 5 atom stereocenters. The molecule has 3 amide bonds. The van der Waals surface area contributed by atoms with Crippen LogP contribution in [0.4, 0.5) is 0 Å². The molecule has 0 aliphatic carbocycles. The standard InChI is InChI=1S/C22H32N8O7/c1-3-11(2)18(21(35)29-16(22(36)37)5-13-8-25-10-27-13)30-20(34)15(4-12-7-24-9-26-12)28-19(33)14(23)6-17(31)32/h7-11,14-16,18H,3-6,23H2,1-2H3,(H,24,26)(H,25,27)(H,28,33)(H,29,35)(H,30,34)(H,31,32)(H,36,37). The Labute approximate surface area is 212 Å². The number of carbonyl (C=O) groups excluding carboxylic acids is 3. The third-order valence-corrected chi connectivity index (χ3v) is 5.73. The summed E-state index contributed by atoms with van der Waals surface area (Å²) in [4.78, 5) is 74.7. The van der Waals surface area contributed by atoms with Gasteiger partial charge >= 0.3 is 11.9 Å². The van der Waals surface area contributed by atoms with Gasteiger partial charge in [0.25, 0.3) is 0 Å². The Kier molecular flexibility index (Phi) is 10.7. The average molecular weight is 521 g/mol. The summed E-state index contributed by atoms with van der Waals surface area (Å²) < 4.78 is 0. The van der Waals surface area contributed by atoms with Crippen molar-refractivity contribution < 1.29 is 34.2 Å². The van der Waals surface area contributed by atoms with E-state index in [9.17, 15) is 29.1 Å². The largest absolute Gasteiger partial charge is 0.481 e. The minimum atomic E-state index is -1.40. The second kappa shape index (κ2) is 13.7. The van der Waals surface area contributed by atoms with Gasteiger partial charge in [0.2, 0.25) is 17.7 Å². The Morgan fingerprint density at radius 1 is 0.892 bits per heavy atom. The smallest absolute Gasteiger partial charge is 0.326 e. The Balaban J connectivity index is 2.19. The van der Waals surface area contributed by atoms with Crippen LogP contribution < -0.4 is 21.7 Å². The van der Waals surface area contributed by atoms with E-state index in [2.05, 4.69) is 35.9 Å². The quantitative estimate of drug-likeness (QED) is 0.132. The molecule has 15 heteroatoms. The van der Waals surface area contributed by atoms with Gasteiger partial charge < -0.3 is 41.9 Å². The van der Waals surface area contributed by atoms with E-state index in [0.29, 0.717) is 17.8 Å². The molecule has 0 aliphatic rings. The maximum atomic E-state index is 13.2. The van der Waals surface area contributed by atoms with Crippen molar-refractivity contribution in [3.05, 3.63) is 36.4 Å². The summed E-state index contributed by atoms with van der Waals surface area (Å²) in [6.07, 6.45) is 5.36. The molecular formula is C22H32N8O7. The molecule has 2 aromatic rings. The molecule has 5 unspecified atom stereocenters. The van der Waals surface area contributed by atoms with Gasteiger partial charge in [-0.25, -0.2) is 14.8 Å². The Bertz CT molecular complexity index is 1060. The second-order valence-corrected chi connectivity index (χ2v) is 8.60. The van der Waals surface area contributed by atoms with E-state index >= 15 is 0 Å². The number of carboxylic acids is 2. The lowest BCUT2D eigenvalue weighted by molar-refractivity contribution is -0.142. The summed E-state index contributed by atoms with van der Waals surface area (Å²) in [5.74, 6) is -5.28. The molecule has 2 rings (SSSR count). The van der Waals surface area contributed by atoms with Gasteiger partial charge in [-0.15, -0.1) is 0 Å². The van der Waals surface area contributed by atoms with E-state index in [1.165, 1.54) is 25.0 Å². The summed E-state index contributed by atoms with van der Waals surface area (Å²) in [5, 5.41) is 26.0. The first kappa shape index (κ1) is 29.0. The maximum absolute atomic E-state index is 13.2. The molecule has 2 heterocycles. The lowest BCUT2D eigenvalue weighted by atomic mass is 9.97. The molecular weight excluding hydrogens is 488 g/mol. The van der Waals surface area contributed by atoms with E-state index in [4.69, 9.17) is 10.8 Å². The van der Waals surface area contributed by atoms with Crippen molar-refractivity contribution in [3.8, 4) is 0 Å². The molecule has 0 saturated heterocycles. The second-order valence-electron chi connectivity index (χ2n) is 8.60. The van der Waals surface area contributed by atoms with Crippen LogP contribution in [0.25, 0.3) is 0 Å². The number of carbonyl (C=O) groups is 5. The van der Waals surface area contributed by atoms with Crippen molar-refractivity contribution in [1.29, 1.82) is 0 Å². The van der Waals surface area contributed by atoms with Crippen molar-refractivity contribution in [2.45, 2.75) is 63.7 Å². The van der Waals surface area contributed by atoms with Crippen LogP contribution in [-0.4, -0.2) is 84.0 Å². The van der Waals surface area contributed by atoms with Crippen LogP contribution in [-0.2, 0) is 36.8 Å². The fourth-order valence-corrected chi connectivity index (χ4v) is 3.42. The van der Waals surface area contributed by atoms with Gasteiger partial charge in [-0.1, -0.05) is 20.3 Å². The van der Waals surface area contributed by atoms with Gasteiger partial charge in [0.15, 0.2) is 0 Å². The number of nitrogens with zero attached hydrogens (tertiary/aromatic N) is 2. The maximum Gasteiger partial charge on any atom is 0.326 e. The number of aromatic amines is 2. The number of hydrogen-bond donors (Lipinski definition) is 8. The van der Waals surface area contributed by atoms with E-state index < -0.39 is 66.2 Å². The van der Waals surface area contributed by atoms with Crippen LogP contribution in [0.3, 0.4) is 0 Å². The lowest BCUT2D eigenvalue weighted by Crippen LogP contribution is -2.59. The van der Waals surface area contributed by atoms with Gasteiger partial charge in [-0.2, -0.15) is 0 Å². The summed E-state index contributed by atoms with van der Waals surface area (Å²) >= 11 is 0. The number of hydrogen-bond acceptors (Lipinski definition) is 8. The number of aliphatic carboxylic acids is 2. The van der Waals surface area contributed by atoms with Gasteiger partial charge in [-0.05, 0) is 5.92 Å². The fourth-order valence-electron chi connectivity index (χ4n) is 3.42. The lowest BCUT2D eigenvalue weighted by Gasteiger charge is -2.28. The highest BCUT2D eigenvalue weighted by atomic mass is 16.4. The van der Waals surface area contributed by atoms with Gasteiger partial charge in [0.05, 0.1) is 25.1 Å². The Morgan fingerprint density at radius 2 is 1.43 bits per heavy atom. The fraction of sp³-hybridized carbons (Fsp3) is 0.500. The predicted molar refractivity (Wildman–Crippen MR) is 128 cm³/mol. The van der Waals surface area contributed by atoms with Gasteiger partial charge in [-0.3, -0.25) is 19.2 Å². The molecule has 0 aromatic carbocycles. The van der Waals surface area contributed by atoms with Crippen LogP contribution in [0.5, 0.6) is 0 Å². The molecule has 202 valence electrons. The number of carboxylic acid groups (broad SMARTS) is 2. The number of nitrogens with one attached hydrogen (secondary N) is 5. The highest BCUT2D eigenvalue weighted by Crippen LogP contribution is 2.11. The van der Waals surface area contributed by atoms with Crippen LogP contribution in [0, 0.1) is 5.92 Å². The molecule has 0 fully saturated rings. The van der Waals surface area contributed by atoms with Crippen LogP contribution in [0.15, 0.2) is 25.0 Å². The number of aromatic nitrogens is 4. The van der Waals surface area contributed by atoms with Gasteiger partial charge in [0.1, 0.15) is 18.1 Å². The zero-order valence-electron chi connectivity index (χ0n) is 20.4. The molecule has 2 aromatic heterocycles. The van der Waals surface area contributed by atoms with E-state index in [0.717, 1.165) is 0 Å². The van der Waals surface area contributed by atoms with E-state index in [-0.39, 0.29) is 12.8 Å². The minimum absolute atomic E-state index is 0.0518. The summed E-state index contributed by atoms with van der Waals surface area (Å²) in [7, 11) is 0. The molecule has 37 heavy (non-hydrogen) atoms. The highest BCUT2D eigenvalue weighted by molar-refractivity contribution is 5.95. The van der Waals surface area contributed by atoms with Crippen LogP contribution in [0.1, 0.15) is 38.1 Å². The monoisotopic (exact) mass is 520 g/mol. The van der Waals surface area contributed by atoms with Crippen molar-refractivity contribution >= 4 is 29.7 Å². The van der Waals surface area contributed by atoms with E-state index in [1.807, 2.05) is 0 Å². The number of amides is 3. The van der Waals surface area contributed by atoms with Crippen molar-refractivity contribution in [2.24, 2.45) is 11.7 Å². The number of rotatable bonds is 15. The number of nitrogens with two attached hydrogens (primary N) is 1. The van der Waals surface area contributed by atoms with Crippen molar-refractivity contribution in [3.63, 3.8) is 0 Å². The number of H-pyrrole nitrogens is 2. The average Bonchev–Trinajstić information content (AvgIpc) is 3.54. The third kappa shape index (κ3) is 9.03. The zero-order valence-corrected chi connectivity index (χ0v) is 20.4. The van der Waals surface area contributed by atoms with Crippen molar-refractivity contribution in [2.75, 3.05) is 0 Å². The summed E-state index contributed by atoms with van der Waals surface area (Å²) in [6, 6.07) is -5.05. The summed E-state index contributed by atoms with van der Waals surface area (Å²) in [6.45, 7) is 3.51. The molecule has 15 nitrogen and oxygen atoms in total. The first-order valence-electron chi connectivity index (χ1n) is 11.6. The first-order valence-corrected chi connectivity index (χ1v) is 11.6. The topological polar surface area (TPSA) is 245 Å². The zero-order chi connectivity index (χ0) is 27.5. The van der Waals surface area contributed by atoms with Gasteiger partial charge in [0, 0.05) is 36.6 Å². The highest BCUT2D eigenvalue weighted by Gasteiger charge is 2.33.